The predicted molar refractivity (Wildman–Crippen MR) is 79.7 cm³/mol. The Balaban J connectivity index is 1.98. The molecule has 2 aromatic rings. The maximum absolute atomic E-state index is 4.60. The van der Waals surface area contributed by atoms with Crippen LogP contribution in [0.4, 0.5) is 0 Å². The van der Waals surface area contributed by atoms with Crippen molar-refractivity contribution in [2.24, 2.45) is 0 Å². The molecule has 0 amide bonds. The number of rotatable bonds is 6. The number of likely N-dealkylation sites (N-methyl/N-ethyl adjacent to an activating group) is 1. The third-order valence-electron chi connectivity index (χ3n) is 3.14. The van der Waals surface area contributed by atoms with Gasteiger partial charge in [-0.1, -0.05) is 0 Å². The minimum absolute atomic E-state index is 0.390. The van der Waals surface area contributed by atoms with E-state index in [9.17, 15) is 0 Å². The average Bonchev–Trinajstić information content (AvgIpc) is 2.98. The van der Waals surface area contributed by atoms with Gasteiger partial charge < -0.3 is 5.32 Å². The third kappa shape index (κ3) is 3.88. The molecule has 4 nitrogen and oxygen atoms in total. The lowest BCUT2D eigenvalue weighted by atomic mass is 10.1. The summed E-state index contributed by atoms with van der Waals surface area (Å²) in [6, 6.07) is 2.92. The Kier molecular flexibility index (Phi) is 4.71. The lowest BCUT2D eigenvalue weighted by Gasteiger charge is -2.13. The van der Waals surface area contributed by atoms with Gasteiger partial charge in [0.15, 0.2) is 0 Å². The molecule has 1 atom stereocenters. The molecule has 0 aliphatic rings. The van der Waals surface area contributed by atoms with Crippen LogP contribution in [0.3, 0.4) is 0 Å². The highest BCUT2D eigenvalue weighted by Crippen LogP contribution is 2.13. The first-order chi connectivity index (χ1) is 9.08. The molecule has 0 fully saturated rings. The van der Waals surface area contributed by atoms with Crippen LogP contribution in [0, 0.1) is 6.92 Å². The SMILES string of the molecule is CNC(Cc1ccn(C(C)C)n1)Cc1nc(C)cs1. The van der Waals surface area contributed by atoms with Gasteiger partial charge in [0.25, 0.3) is 0 Å². The number of hydrogen-bond acceptors (Lipinski definition) is 4. The van der Waals surface area contributed by atoms with E-state index in [1.54, 1.807) is 11.3 Å². The fourth-order valence-corrected chi connectivity index (χ4v) is 2.86. The monoisotopic (exact) mass is 278 g/mol. The summed E-state index contributed by atoms with van der Waals surface area (Å²) in [5.41, 5.74) is 2.25. The molecule has 0 bridgehead atoms. The van der Waals surface area contributed by atoms with Crippen molar-refractivity contribution in [3.63, 3.8) is 0 Å². The second-order valence-corrected chi connectivity index (χ2v) is 6.10. The van der Waals surface area contributed by atoms with Gasteiger partial charge in [-0.2, -0.15) is 5.10 Å². The lowest BCUT2D eigenvalue weighted by molar-refractivity contribution is 0.508. The summed E-state index contributed by atoms with van der Waals surface area (Å²) in [4.78, 5) is 4.53. The van der Waals surface area contributed by atoms with Crippen molar-refractivity contribution in [2.75, 3.05) is 7.05 Å². The predicted octanol–water partition coefficient (Wildman–Crippen LogP) is 2.60. The van der Waals surface area contributed by atoms with Crippen LogP contribution < -0.4 is 5.32 Å². The van der Waals surface area contributed by atoms with Crippen molar-refractivity contribution >= 4 is 11.3 Å². The molecular formula is C14H22N4S. The van der Waals surface area contributed by atoms with Crippen molar-refractivity contribution in [3.05, 3.63) is 34.0 Å². The van der Waals surface area contributed by atoms with E-state index in [-0.39, 0.29) is 0 Å². The minimum Gasteiger partial charge on any atom is -0.316 e. The van der Waals surface area contributed by atoms with Crippen LogP contribution in [0.2, 0.25) is 0 Å². The Morgan fingerprint density at radius 2 is 2.16 bits per heavy atom. The molecule has 19 heavy (non-hydrogen) atoms. The van der Waals surface area contributed by atoms with E-state index in [0.717, 1.165) is 24.2 Å². The van der Waals surface area contributed by atoms with Gasteiger partial charge in [0.2, 0.25) is 0 Å². The Bertz CT molecular complexity index is 515. The van der Waals surface area contributed by atoms with Crippen molar-refractivity contribution in [2.45, 2.75) is 45.7 Å². The van der Waals surface area contributed by atoms with Gasteiger partial charge >= 0.3 is 0 Å². The Morgan fingerprint density at radius 1 is 1.37 bits per heavy atom. The van der Waals surface area contributed by atoms with Gasteiger partial charge in [0.05, 0.1) is 10.7 Å². The highest BCUT2D eigenvalue weighted by Gasteiger charge is 2.13. The number of nitrogens with one attached hydrogen (secondary N) is 1. The molecule has 0 aliphatic carbocycles. The van der Waals surface area contributed by atoms with Crippen molar-refractivity contribution in [3.8, 4) is 0 Å². The molecular weight excluding hydrogens is 256 g/mol. The second kappa shape index (κ2) is 6.30. The van der Waals surface area contributed by atoms with Crippen molar-refractivity contribution in [1.82, 2.24) is 20.1 Å². The van der Waals surface area contributed by atoms with Gasteiger partial charge in [0, 0.05) is 42.2 Å². The van der Waals surface area contributed by atoms with Gasteiger partial charge in [-0.05, 0) is 33.9 Å². The largest absolute Gasteiger partial charge is 0.316 e. The average molecular weight is 278 g/mol. The molecule has 1 unspecified atom stereocenters. The van der Waals surface area contributed by atoms with Gasteiger partial charge in [-0.25, -0.2) is 4.98 Å². The smallest absolute Gasteiger partial charge is 0.0943 e. The first kappa shape index (κ1) is 14.2. The fraction of sp³-hybridized carbons (Fsp3) is 0.571. The zero-order valence-electron chi connectivity index (χ0n) is 12.1. The Morgan fingerprint density at radius 3 is 2.68 bits per heavy atom. The zero-order chi connectivity index (χ0) is 13.8. The summed E-state index contributed by atoms with van der Waals surface area (Å²) in [6.45, 7) is 6.33. The first-order valence-corrected chi connectivity index (χ1v) is 7.58. The highest BCUT2D eigenvalue weighted by molar-refractivity contribution is 7.09. The summed E-state index contributed by atoms with van der Waals surface area (Å²) in [5, 5.41) is 11.3. The standard InChI is InChI=1S/C14H22N4S/c1-10(2)18-6-5-12(17-18)7-13(15-4)8-14-16-11(3)9-19-14/h5-6,9-10,13,15H,7-8H2,1-4H3. The summed E-state index contributed by atoms with van der Waals surface area (Å²) in [7, 11) is 2.00. The molecule has 2 rings (SSSR count). The number of thiazole rings is 1. The lowest BCUT2D eigenvalue weighted by Crippen LogP contribution is -2.30. The summed E-state index contributed by atoms with van der Waals surface area (Å²) >= 11 is 1.74. The minimum atomic E-state index is 0.390. The van der Waals surface area contributed by atoms with Crippen molar-refractivity contribution in [1.29, 1.82) is 0 Å². The molecule has 1 N–H and O–H groups in total. The zero-order valence-corrected chi connectivity index (χ0v) is 12.9. The highest BCUT2D eigenvalue weighted by atomic mass is 32.1. The number of nitrogens with zero attached hydrogens (tertiary/aromatic N) is 3. The van der Waals surface area contributed by atoms with Crippen LogP contribution in [0.25, 0.3) is 0 Å². The maximum Gasteiger partial charge on any atom is 0.0943 e. The molecule has 2 heterocycles. The Labute approximate surface area is 118 Å². The van der Waals surface area contributed by atoms with Crippen LogP contribution in [-0.4, -0.2) is 27.9 Å². The second-order valence-electron chi connectivity index (χ2n) is 5.16. The van der Waals surface area contributed by atoms with Crippen molar-refractivity contribution < 1.29 is 0 Å². The van der Waals surface area contributed by atoms with E-state index in [4.69, 9.17) is 0 Å². The third-order valence-corrected chi connectivity index (χ3v) is 4.13. The van der Waals surface area contributed by atoms with E-state index in [1.165, 1.54) is 5.01 Å². The van der Waals surface area contributed by atoms with Crippen LogP contribution >= 0.6 is 11.3 Å². The van der Waals surface area contributed by atoms with Crippen LogP contribution in [0.15, 0.2) is 17.6 Å². The number of aryl methyl sites for hydroxylation is 1. The normalized spacial score (nSPS) is 13.1. The number of aromatic nitrogens is 3. The molecule has 0 spiro atoms. The molecule has 0 saturated carbocycles. The van der Waals surface area contributed by atoms with Crippen LogP contribution in [0.1, 0.15) is 36.3 Å². The fourth-order valence-electron chi connectivity index (χ4n) is 2.01. The summed E-state index contributed by atoms with van der Waals surface area (Å²) in [5.74, 6) is 0. The van der Waals surface area contributed by atoms with E-state index in [0.29, 0.717) is 12.1 Å². The van der Waals surface area contributed by atoms with Crippen LogP contribution in [-0.2, 0) is 12.8 Å². The molecule has 0 aromatic carbocycles. The van der Waals surface area contributed by atoms with E-state index < -0.39 is 0 Å². The molecule has 0 aliphatic heterocycles. The molecule has 0 saturated heterocycles. The van der Waals surface area contributed by atoms with Crippen LogP contribution in [0.5, 0.6) is 0 Å². The van der Waals surface area contributed by atoms with Gasteiger partial charge in [-0.3, -0.25) is 4.68 Å². The quantitative estimate of drug-likeness (QED) is 0.883. The van der Waals surface area contributed by atoms with Gasteiger partial charge in [0.1, 0.15) is 0 Å². The molecule has 104 valence electrons. The molecule has 0 radical (unpaired) electrons. The molecule has 5 heteroatoms. The van der Waals surface area contributed by atoms with E-state index in [2.05, 4.69) is 46.9 Å². The maximum atomic E-state index is 4.60. The first-order valence-electron chi connectivity index (χ1n) is 6.70. The van der Waals surface area contributed by atoms with E-state index in [1.807, 2.05) is 18.7 Å². The number of hydrogen-bond donors (Lipinski definition) is 1. The topological polar surface area (TPSA) is 42.7 Å². The summed E-state index contributed by atoms with van der Waals surface area (Å²) < 4.78 is 2.01. The van der Waals surface area contributed by atoms with Gasteiger partial charge in [-0.15, -0.1) is 11.3 Å². The Hall–Kier alpha value is -1.20. The van der Waals surface area contributed by atoms with E-state index >= 15 is 0 Å². The molecule has 2 aromatic heterocycles. The summed E-state index contributed by atoms with van der Waals surface area (Å²) in [6.07, 6.45) is 3.96.